The zero-order valence-electron chi connectivity index (χ0n) is 12.8. The Hall–Kier alpha value is -0.650. The minimum atomic E-state index is -1.34. The number of carboxylic acids is 1. The Morgan fingerprint density at radius 1 is 1.37 bits per heavy atom. The Labute approximate surface area is 116 Å². The second-order valence-corrected chi connectivity index (χ2v) is 6.42. The summed E-state index contributed by atoms with van der Waals surface area (Å²) >= 11 is 0. The Bertz CT molecular complexity index is 281. The van der Waals surface area contributed by atoms with E-state index >= 15 is 0 Å². The van der Waals surface area contributed by atoms with Gasteiger partial charge in [0.2, 0.25) is 0 Å². The van der Waals surface area contributed by atoms with Gasteiger partial charge >= 0.3 is 5.97 Å². The van der Waals surface area contributed by atoms with E-state index in [0.29, 0.717) is 13.2 Å². The van der Waals surface area contributed by atoms with Crippen molar-refractivity contribution >= 4 is 5.97 Å². The highest BCUT2D eigenvalue weighted by atomic mass is 16.5. The quantitative estimate of drug-likeness (QED) is 0.563. The number of aliphatic hydroxyl groups excluding tert-OH is 1. The fourth-order valence-corrected chi connectivity index (χ4v) is 2.51. The fourth-order valence-electron chi connectivity index (χ4n) is 2.51. The Morgan fingerprint density at radius 3 is 2.37 bits per heavy atom. The minimum absolute atomic E-state index is 0.0558. The molecule has 0 aromatic rings. The minimum Gasteiger partial charge on any atom is -0.479 e. The predicted octanol–water partition coefficient (Wildman–Crippen LogP) is 1.50. The third-order valence-corrected chi connectivity index (χ3v) is 3.47. The van der Waals surface area contributed by atoms with Gasteiger partial charge in [-0.15, -0.1) is 0 Å². The SMILES string of the molecule is CCC(C)(CNCC(O)C(=O)O)CC(C)(C)COC. The highest BCUT2D eigenvalue weighted by Gasteiger charge is 2.31. The first-order chi connectivity index (χ1) is 8.66. The summed E-state index contributed by atoms with van der Waals surface area (Å²) in [6.45, 7) is 10.1. The van der Waals surface area contributed by atoms with Crippen molar-refractivity contribution in [3.8, 4) is 0 Å². The molecule has 0 aliphatic carbocycles. The standard InChI is InChI=1S/C14H29NO4/c1-6-14(4,8-13(2,3)10-19-5)9-15-7-11(16)12(17)18/h11,15-16H,6-10H2,1-5H3,(H,17,18). The number of carbonyl (C=O) groups is 1. The van der Waals surface area contributed by atoms with Crippen LogP contribution < -0.4 is 5.32 Å². The number of nitrogens with one attached hydrogen (secondary N) is 1. The van der Waals surface area contributed by atoms with E-state index < -0.39 is 12.1 Å². The normalized spacial score (nSPS) is 16.9. The van der Waals surface area contributed by atoms with Crippen LogP contribution in [0.5, 0.6) is 0 Å². The number of rotatable bonds is 10. The average molecular weight is 275 g/mol. The van der Waals surface area contributed by atoms with E-state index in [1.165, 1.54) is 0 Å². The molecule has 0 aromatic carbocycles. The molecule has 0 aromatic heterocycles. The predicted molar refractivity (Wildman–Crippen MR) is 75.2 cm³/mol. The zero-order valence-corrected chi connectivity index (χ0v) is 12.8. The van der Waals surface area contributed by atoms with E-state index in [1.54, 1.807) is 7.11 Å². The second kappa shape index (κ2) is 7.82. The molecule has 2 unspecified atom stereocenters. The first-order valence-corrected chi connectivity index (χ1v) is 6.76. The van der Waals surface area contributed by atoms with E-state index in [9.17, 15) is 9.90 Å². The van der Waals surface area contributed by atoms with Crippen LogP contribution in [0, 0.1) is 10.8 Å². The molecule has 2 atom stereocenters. The maximum atomic E-state index is 10.5. The summed E-state index contributed by atoms with van der Waals surface area (Å²) in [6.07, 6.45) is 0.615. The van der Waals surface area contributed by atoms with Crippen molar-refractivity contribution in [3.05, 3.63) is 0 Å². The van der Waals surface area contributed by atoms with Crippen molar-refractivity contribution in [3.63, 3.8) is 0 Å². The number of aliphatic hydroxyl groups is 1. The van der Waals surface area contributed by atoms with E-state index in [-0.39, 0.29) is 17.4 Å². The van der Waals surface area contributed by atoms with Crippen molar-refractivity contribution in [1.82, 2.24) is 5.32 Å². The smallest absolute Gasteiger partial charge is 0.333 e. The maximum Gasteiger partial charge on any atom is 0.333 e. The van der Waals surface area contributed by atoms with Gasteiger partial charge in [0.15, 0.2) is 6.10 Å². The highest BCUT2D eigenvalue weighted by molar-refractivity contribution is 5.72. The summed E-state index contributed by atoms with van der Waals surface area (Å²) in [6, 6.07) is 0. The first-order valence-electron chi connectivity index (χ1n) is 6.76. The maximum absolute atomic E-state index is 10.5. The van der Waals surface area contributed by atoms with Crippen molar-refractivity contribution in [1.29, 1.82) is 0 Å². The van der Waals surface area contributed by atoms with Gasteiger partial charge in [-0.05, 0) is 23.7 Å². The van der Waals surface area contributed by atoms with Crippen LogP contribution in [-0.2, 0) is 9.53 Å². The second-order valence-electron chi connectivity index (χ2n) is 6.42. The third-order valence-electron chi connectivity index (χ3n) is 3.47. The van der Waals surface area contributed by atoms with Crippen LogP contribution in [0.1, 0.15) is 40.5 Å². The highest BCUT2D eigenvalue weighted by Crippen LogP contribution is 2.36. The molecule has 0 radical (unpaired) electrons. The molecule has 0 heterocycles. The molecule has 3 N–H and O–H groups in total. The van der Waals surface area contributed by atoms with Crippen LogP contribution in [0.2, 0.25) is 0 Å². The first kappa shape index (κ1) is 18.4. The summed E-state index contributed by atoms with van der Waals surface area (Å²) in [7, 11) is 1.70. The molecule has 0 spiro atoms. The molecule has 0 saturated heterocycles. The monoisotopic (exact) mass is 275 g/mol. The number of carboxylic acid groups (broad SMARTS) is 1. The molecule has 19 heavy (non-hydrogen) atoms. The lowest BCUT2D eigenvalue weighted by Gasteiger charge is -2.37. The van der Waals surface area contributed by atoms with Crippen molar-refractivity contribution in [2.45, 2.75) is 46.6 Å². The van der Waals surface area contributed by atoms with Crippen LogP contribution in [0.25, 0.3) is 0 Å². The van der Waals surface area contributed by atoms with Gasteiger partial charge in [-0.25, -0.2) is 4.79 Å². The fraction of sp³-hybridized carbons (Fsp3) is 0.929. The number of methoxy groups -OCH3 is 1. The molecule has 5 nitrogen and oxygen atoms in total. The van der Waals surface area contributed by atoms with Gasteiger partial charge in [0.25, 0.3) is 0 Å². The van der Waals surface area contributed by atoms with Gasteiger partial charge in [0.1, 0.15) is 0 Å². The molecule has 0 saturated carbocycles. The van der Waals surface area contributed by atoms with Crippen molar-refractivity contribution in [2.75, 3.05) is 26.8 Å². The topological polar surface area (TPSA) is 78.8 Å². The molecule has 0 amide bonds. The van der Waals surface area contributed by atoms with Gasteiger partial charge in [-0.2, -0.15) is 0 Å². The van der Waals surface area contributed by atoms with Crippen LogP contribution in [0.4, 0.5) is 0 Å². The molecule has 0 bridgehead atoms. The number of hydrogen-bond acceptors (Lipinski definition) is 4. The summed E-state index contributed by atoms with van der Waals surface area (Å²) in [4.78, 5) is 10.5. The number of aliphatic carboxylic acids is 1. The van der Waals surface area contributed by atoms with E-state index in [2.05, 4.69) is 33.0 Å². The summed E-state index contributed by atoms with van der Waals surface area (Å²) in [5.74, 6) is -1.19. The molecule has 5 heteroatoms. The Morgan fingerprint density at radius 2 is 1.95 bits per heavy atom. The average Bonchev–Trinajstić information content (AvgIpc) is 2.27. The molecule has 0 aliphatic heterocycles. The van der Waals surface area contributed by atoms with Gasteiger partial charge < -0.3 is 20.3 Å². The van der Waals surface area contributed by atoms with Gasteiger partial charge in [0.05, 0.1) is 6.61 Å². The van der Waals surface area contributed by atoms with Crippen LogP contribution >= 0.6 is 0 Å². The van der Waals surface area contributed by atoms with E-state index in [0.717, 1.165) is 12.8 Å². The molecular formula is C14H29NO4. The molecule has 0 aliphatic rings. The van der Waals surface area contributed by atoms with E-state index in [4.69, 9.17) is 9.84 Å². The Balaban J connectivity index is 4.33. The summed E-state index contributed by atoms with van der Waals surface area (Å²) in [5, 5.41) is 20.9. The third kappa shape index (κ3) is 7.50. The molecular weight excluding hydrogens is 246 g/mol. The number of ether oxygens (including phenoxy) is 1. The largest absolute Gasteiger partial charge is 0.479 e. The molecule has 0 fully saturated rings. The van der Waals surface area contributed by atoms with Crippen LogP contribution in [0.3, 0.4) is 0 Å². The summed E-state index contributed by atoms with van der Waals surface area (Å²) < 4.78 is 5.23. The van der Waals surface area contributed by atoms with Crippen LogP contribution in [-0.4, -0.2) is 49.1 Å². The lowest BCUT2D eigenvalue weighted by molar-refractivity contribution is -0.146. The van der Waals surface area contributed by atoms with Crippen molar-refractivity contribution in [2.24, 2.45) is 10.8 Å². The van der Waals surface area contributed by atoms with Crippen molar-refractivity contribution < 1.29 is 19.7 Å². The lowest BCUT2D eigenvalue weighted by atomic mass is 9.72. The zero-order chi connectivity index (χ0) is 15.1. The molecule has 0 rings (SSSR count). The summed E-state index contributed by atoms with van der Waals surface area (Å²) in [5.41, 5.74) is 0.132. The van der Waals surface area contributed by atoms with Gasteiger partial charge in [0, 0.05) is 20.2 Å². The van der Waals surface area contributed by atoms with Gasteiger partial charge in [-0.1, -0.05) is 27.7 Å². The van der Waals surface area contributed by atoms with Gasteiger partial charge in [-0.3, -0.25) is 0 Å². The van der Waals surface area contributed by atoms with E-state index in [1.807, 2.05) is 0 Å². The lowest BCUT2D eigenvalue weighted by Crippen LogP contribution is -2.41. The molecule has 114 valence electrons. The number of hydrogen-bond donors (Lipinski definition) is 3. The Kier molecular flexibility index (Phi) is 7.55. The van der Waals surface area contributed by atoms with Crippen LogP contribution in [0.15, 0.2) is 0 Å².